The molecule has 0 radical (unpaired) electrons. The van der Waals surface area contributed by atoms with E-state index >= 15 is 0 Å². The minimum absolute atomic E-state index is 0.0103. The van der Waals surface area contributed by atoms with Crippen molar-refractivity contribution in [3.63, 3.8) is 0 Å². The van der Waals surface area contributed by atoms with Gasteiger partial charge in [-0.3, -0.25) is 4.90 Å². The number of hydrogen-bond acceptors (Lipinski definition) is 2. The number of rotatable bonds is 3. The summed E-state index contributed by atoms with van der Waals surface area (Å²) in [6, 6.07) is 0.671. The van der Waals surface area contributed by atoms with Crippen LogP contribution in [0.15, 0.2) is 0 Å². The third kappa shape index (κ3) is 3.09. The van der Waals surface area contributed by atoms with Gasteiger partial charge in [0.05, 0.1) is 0 Å². The summed E-state index contributed by atoms with van der Waals surface area (Å²) >= 11 is 0. The highest BCUT2D eigenvalue weighted by Gasteiger charge is 2.36. The van der Waals surface area contributed by atoms with Crippen LogP contribution in [0.3, 0.4) is 0 Å². The Kier molecular flexibility index (Phi) is 4.24. The molecule has 1 aliphatic carbocycles. The van der Waals surface area contributed by atoms with Crippen LogP contribution in [-0.4, -0.2) is 30.3 Å². The molecule has 1 saturated carbocycles. The first kappa shape index (κ1) is 13.1. The lowest BCUT2D eigenvalue weighted by Gasteiger charge is -2.43. The van der Waals surface area contributed by atoms with Crippen molar-refractivity contribution in [2.24, 2.45) is 11.3 Å². The second-order valence-corrected chi connectivity index (χ2v) is 6.50. The third-order valence-corrected chi connectivity index (χ3v) is 4.86. The summed E-state index contributed by atoms with van der Waals surface area (Å²) in [6.45, 7) is 6.87. The smallest absolute Gasteiger partial charge is 0.127 e. The fourth-order valence-corrected chi connectivity index (χ4v) is 3.57. The van der Waals surface area contributed by atoms with Gasteiger partial charge in [0.2, 0.25) is 0 Å². The normalized spacial score (nSPS) is 34.5. The van der Waals surface area contributed by atoms with Crippen molar-refractivity contribution in [1.29, 1.82) is 0 Å². The highest BCUT2D eigenvalue weighted by molar-refractivity contribution is 5.60. The molecule has 2 nitrogen and oxygen atoms in total. The Morgan fingerprint density at radius 1 is 1.18 bits per heavy atom. The molecule has 2 fully saturated rings. The lowest BCUT2D eigenvalue weighted by Crippen LogP contribution is -2.48. The first-order valence-electron chi connectivity index (χ1n) is 7.36. The Hall–Kier alpha value is -0.370. The molecule has 2 unspecified atom stereocenters. The van der Waals surface area contributed by atoms with E-state index in [1.54, 1.807) is 0 Å². The van der Waals surface area contributed by atoms with Crippen molar-refractivity contribution >= 4 is 6.29 Å². The second-order valence-electron chi connectivity index (χ2n) is 6.50. The highest BCUT2D eigenvalue weighted by atomic mass is 16.1. The van der Waals surface area contributed by atoms with Crippen molar-refractivity contribution in [1.82, 2.24) is 4.90 Å². The molecule has 0 amide bonds. The van der Waals surface area contributed by atoms with Gasteiger partial charge in [0.1, 0.15) is 6.29 Å². The van der Waals surface area contributed by atoms with Crippen LogP contribution in [0.25, 0.3) is 0 Å². The van der Waals surface area contributed by atoms with E-state index in [0.29, 0.717) is 6.04 Å². The molecule has 1 saturated heterocycles. The van der Waals surface area contributed by atoms with Crippen LogP contribution in [-0.2, 0) is 4.79 Å². The van der Waals surface area contributed by atoms with Crippen molar-refractivity contribution < 1.29 is 4.79 Å². The molecule has 0 N–H and O–H groups in total. The van der Waals surface area contributed by atoms with Gasteiger partial charge in [0.25, 0.3) is 0 Å². The third-order valence-electron chi connectivity index (χ3n) is 4.86. The van der Waals surface area contributed by atoms with Gasteiger partial charge < -0.3 is 4.79 Å². The molecule has 0 aromatic carbocycles. The zero-order valence-electron chi connectivity index (χ0n) is 11.5. The van der Waals surface area contributed by atoms with Crippen LogP contribution in [0.4, 0.5) is 0 Å². The van der Waals surface area contributed by atoms with Crippen LogP contribution >= 0.6 is 0 Å². The highest BCUT2D eigenvalue weighted by Crippen LogP contribution is 2.37. The first-order valence-corrected chi connectivity index (χ1v) is 7.36. The van der Waals surface area contributed by atoms with Gasteiger partial charge in [-0.1, -0.05) is 26.2 Å². The number of hydrogen-bond donors (Lipinski definition) is 0. The van der Waals surface area contributed by atoms with Gasteiger partial charge in [-0.05, 0) is 38.5 Å². The number of piperidine rings is 1. The fourth-order valence-electron chi connectivity index (χ4n) is 3.57. The largest absolute Gasteiger partial charge is 0.303 e. The summed E-state index contributed by atoms with van der Waals surface area (Å²) in [5.41, 5.74) is -0.0103. The van der Waals surface area contributed by atoms with Gasteiger partial charge in [0.15, 0.2) is 0 Å². The molecule has 0 spiro atoms. The summed E-state index contributed by atoms with van der Waals surface area (Å²) in [6.07, 6.45) is 9.98. The molecule has 0 aromatic rings. The molecule has 0 bridgehead atoms. The Morgan fingerprint density at radius 3 is 2.53 bits per heavy atom. The topological polar surface area (TPSA) is 20.3 Å². The van der Waals surface area contributed by atoms with Gasteiger partial charge in [-0.15, -0.1) is 0 Å². The molecule has 2 rings (SSSR count). The van der Waals surface area contributed by atoms with Gasteiger partial charge >= 0.3 is 0 Å². The van der Waals surface area contributed by atoms with Gasteiger partial charge in [-0.2, -0.15) is 0 Å². The van der Waals surface area contributed by atoms with E-state index in [2.05, 4.69) is 18.7 Å². The Bertz CT molecular complexity index is 258. The van der Waals surface area contributed by atoms with Crippen molar-refractivity contribution in [2.45, 2.75) is 64.8 Å². The number of aldehydes is 1. The molecular formula is C15H27NO. The summed E-state index contributed by atoms with van der Waals surface area (Å²) in [5.74, 6) is 0.804. The number of carbonyl (C=O) groups is 1. The summed E-state index contributed by atoms with van der Waals surface area (Å²) in [5, 5.41) is 0. The van der Waals surface area contributed by atoms with Crippen molar-refractivity contribution in [3.8, 4) is 0 Å². The van der Waals surface area contributed by atoms with Crippen LogP contribution in [0.2, 0.25) is 0 Å². The SMILES string of the molecule is CC1CCC(C)N(CC2(C=O)CCCCC2)C1. The van der Waals surface area contributed by atoms with Crippen LogP contribution in [0.5, 0.6) is 0 Å². The fraction of sp³-hybridized carbons (Fsp3) is 0.933. The predicted octanol–water partition coefficient (Wildman–Crippen LogP) is 3.26. The van der Waals surface area contributed by atoms with E-state index in [9.17, 15) is 4.79 Å². The average Bonchev–Trinajstić information content (AvgIpc) is 2.35. The number of carbonyl (C=O) groups excluding carboxylic acids is 1. The van der Waals surface area contributed by atoms with Gasteiger partial charge in [-0.25, -0.2) is 0 Å². The van der Waals surface area contributed by atoms with E-state index < -0.39 is 0 Å². The summed E-state index contributed by atoms with van der Waals surface area (Å²) < 4.78 is 0. The predicted molar refractivity (Wildman–Crippen MR) is 71.0 cm³/mol. The zero-order valence-corrected chi connectivity index (χ0v) is 11.5. The van der Waals surface area contributed by atoms with E-state index in [1.807, 2.05) is 0 Å². The Balaban J connectivity index is 1.99. The van der Waals surface area contributed by atoms with Crippen LogP contribution in [0, 0.1) is 11.3 Å². The molecule has 1 heterocycles. The molecule has 98 valence electrons. The minimum atomic E-state index is -0.0103. The zero-order chi connectivity index (χ0) is 12.3. The maximum absolute atomic E-state index is 11.5. The van der Waals surface area contributed by atoms with Crippen LogP contribution in [0.1, 0.15) is 58.8 Å². The summed E-state index contributed by atoms with van der Waals surface area (Å²) in [4.78, 5) is 14.1. The first-order chi connectivity index (χ1) is 8.15. The maximum atomic E-state index is 11.5. The van der Waals surface area contributed by atoms with E-state index in [-0.39, 0.29) is 5.41 Å². The van der Waals surface area contributed by atoms with E-state index in [1.165, 1.54) is 44.9 Å². The Labute approximate surface area is 106 Å². The van der Waals surface area contributed by atoms with E-state index in [4.69, 9.17) is 0 Å². The van der Waals surface area contributed by atoms with Crippen LogP contribution < -0.4 is 0 Å². The molecule has 2 atom stereocenters. The molecule has 2 aliphatic rings. The molecule has 0 aromatic heterocycles. The van der Waals surface area contributed by atoms with Crippen molar-refractivity contribution in [2.75, 3.05) is 13.1 Å². The molecule has 2 heteroatoms. The standard InChI is InChI=1S/C15H27NO/c1-13-6-7-14(2)16(10-13)11-15(12-17)8-4-3-5-9-15/h12-14H,3-11H2,1-2H3. The number of nitrogens with zero attached hydrogens (tertiary/aromatic N) is 1. The average molecular weight is 237 g/mol. The number of likely N-dealkylation sites (tertiary alicyclic amines) is 1. The van der Waals surface area contributed by atoms with E-state index in [0.717, 1.165) is 25.3 Å². The molecule has 17 heavy (non-hydrogen) atoms. The van der Waals surface area contributed by atoms with Crippen molar-refractivity contribution in [3.05, 3.63) is 0 Å². The lowest BCUT2D eigenvalue weighted by atomic mass is 9.74. The second kappa shape index (κ2) is 5.51. The van der Waals surface area contributed by atoms with Gasteiger partial charge in [0, 0.05) is 24.5 Å². The molecular weight excluding hydrogens is 210 g/mol. The lowest BCUT2D eigenvalue weighted by molar-refractivity contribution is -0.120. The minimum Gasteiger partial charge on any atom is -0.303 e. The quantitative estimate of drug-likeness (QED) is 0.702. The maximum Gasteiger partial charge on any atom is 0.127 e. The Morgan fingerprint density at radius 2 is 1.88 bits per heavy atom. The monoisotopic (exact) mass is 237 g/mol. The molecule has 1 aliphatic heterocycles. The summed E-state index contributed by atoms with van der Waals surface area (Å²) in [7, 11) is 0.